The topological polar surface area (TPSA) is 73.9 Å². The smallest absolute Gasteiger partial charge is 0.393 e. The minimum atomic E-state index is -5.77. The normalized spacial score (nSPS) is 17.6. The average molecular weight is 737 g/mol. The number of urea groups is 1. The van der Waals surface area contributed by atoms with Crippen LogP contribution < -0.4 is 10.6 Å². The SMILES string of the molecule is CC(C)(C)[Si](C)(C)OC(c1ccc(CN2CCN(C(=O)c3ccc(NC(=O)NC4CCSCC4)c(F)c3)CC2)cc1)(C(F)(F)F)C(F)(F)F. The van der Waals surface area contributed by atoms with Gasteiger partial charge in [-0.15, -0.1) is 0 Å². The molecule has 0 aliphatic carbocycles. The maximum absolute atomic E-state index is 14.8. The summed E-state index contributed by atoms with van der Waals surface area (Å²) in [7, 11) is -3.57. The lowest BCUT2D eigenvalue weighted by atomic mass is 9.91. The number of piperazine rings is 1. The van der Waals surface area contributed by atoms with E-state index in [9.17, 15) is 40.3 Å². The van der Waals surface area contributed by atoms with Gasteiger partial charge < -0.3 is 20.0 Å². The Hall–Kier alpha value is -2.82. The van der Waals surface area contributed by atoms with Crippen LogP contribution in [0.5, 0.6) is 0 Å². The van der Waals surface area contributed by atoms with Crippen LogP contribution in [-0.4, -0.2) is 86.1 Å². The van der Waals surface area contributed by atoms with Crippen molar-refractivity contribution < 1.29 is 44.7 Å². The van der Waals surface area contributed by atoms with E-state index in [0.717, 1.165) is 42.5 Å². The van der Waals surface area contributed by atoms with E-state index in [1.807, 2.05) is 16.7 Å². The molecule has 0 radical (unpaired) electrons. The van der Waals surface area contributed by atoms with Gasteiger partial charge in [0.2, 0.25) is 0 Å². The van der Waals surface area contributed by atoms with Crippen LogP contribution in [0.15, 0.2) is 42.5 Å². The number of anilines is 1. The molecule has 0 atom stereocenters. The molecule has 49 heavy (non-hydrogen) atoms. The molecule has 4 rings (SSSR count). The molecule has 0 spiro atoms. The molecule has 0 aromatic heterocycles. The number of halogens is 7. The zero-order valence-corrected chi connectivity index (χ0v) is 30.0. The van der Waals surface area contributed by atoms with Crippen molar-refractivity contribution in [1.82, 2.24) is 15.1 Å². The fourth-order valence-corrected chi connectivity index (χ4v) is 8.06. The number of nitrogens with one attached hydrogen (secondary N) is 2. The number of rotatable bonds is 8. The molecule has 2 saturated heterocycles. The second-order valence-corrected chi connectivity index (χ2v) is 19.9. The van der Waals surface area contributed by atoms with Crippen LogP contribution in [-0.2, 0) is 16.6 Å². The van der Waals surface area contributed by atoms with Crippen molar-refractivity contribution in [2.24, 2.45) is 0 Å². The quantitative estimate of drug-likeness (QED) is 0.212. The minimum absolute atomic E-state index is 0.0263. The summed E-state index contributed by atoms with van der Waals surface area (Å²) in [6.45, 7) is 8.92. The molecule has 2 aromatic rings. The van der Waals surface area contributed by atoms with Gasteiger partial charge in [-0.25, -0.2) is 9.18 Å². The van der Waals surface area contributed by atoms with Crippen molar-refractivity contribution in [3.8, 4) is 0 Å². The second kappa shape index (κ2) is 14.8. The van der Waals surface area contributed by atoms with E-state index in [4.69, 9.17) is 4.43 Å². The van der Waals surface area contributed by atoms with E-state index in [1.165, 1.54) is 42.3 Å². The summed E-state index contributed by atoms with van der Waals surface area (Å²) in [5.74, 6) is 0.734. The molecule has 2 aromatic carbocycles. The van der Waals surface area contributed by atoms with Gasteiger partial charge in [0.05, 0.1) is 5.69 Å². The van der Waals surface area contributed by atoms with E-state index in [2.05, 4.69) is 10.6 Å². The van der Waals surface area contributed by atoms with Gasteiger partial charge in [0, 0.05) is 49.9 Å². The van der Waals surface area contributed by atoms with Gasteiger partial charge in [-0.1, -0.05) is 45.0 Å². The summed E-state index contributed by atoms with van der Waals surface area (Å²) < 4.78 is 107. The lowest BCUT2D eigenvalue weighted by molar-refractivity contribution is -0.369. The van der Waals surface area contributed by atoms with E-state index in [-0.39, 0.29) is 36.9 Å². The van der Waals surface area contributed by atoms with E-state index < -0.39 is 54.6 Å². The molecular formula is C33H43F7N4O3SSi. The summed E-state index contributed by atoms with van der Waals surface area (Å²) in [6, 6.07) is 7.48. The fraction of sp³-hybridized carbons (Fsp3) is 0.576. The molecule has 272 valence electrons. The Bertz CT molecular complexity index is 1450. The van der Waals surface area contributed by atoms with E-state index in [1.54, 1.807) is 20.8 Å². The Morgan fingerprint density at radius 2 is 1.47 bits per heavy atom. The number of carbonyl (C=O) groups excluding carboxylic acids is 2. The second-order valence-electron chi connectivity index (χ2n) is 14.0. The molecule has 2 N–H and O–H groups in total. The van der Waals surface area contributed by atoms with Crippen LogP contribution in [0.25, 0.3) is 0 Å². The van der Waals surface area contributed by atoms with Crippen LogP contribution in [0.1, 0.15) is 55.1 Å². The third-order valence-electron chi connectivity index (χ3n) is 9.46. The number of hydrogen-bond acceptors (Lipinski definition) is 5. The van der Waals surface area contributed by atoms with Gasteiger partial charge in [0.1, 0.15) is 5.82 Å². The van der Waals surface area contributed by atoms with Gasteiger partial charge in [-0.05, 0) is 66.2 Å². The van der Waals surface area contributed by atoms with Gasteiger partial charge >= 0.3 is 18.4 Å². The number of carbonyl (C=O) groups is 2. The molecule has 2 aliphatic rings. The highest BCUT2D eigenvalue weighted by molar-refractivity contribution is 7.99. The minimum Gasteiger partial charge on any atom is -0.393 e. The summed E-state index contributed by atoms with van der Waals surface area (Å²) in [5, 5.41) is 4.41. The van der Waals surface area contributed by atoms with Crippen molar-refractivity contribution in [2.45, 2.75) is 82.3 Å². The van der Waals surface area contributed by atoms with Gasteiger partial charge in [0.15, 0.2) is 8.32 Å². The van der Waals surface area contributed by atoms with E-state index >= 15 is 0 Å². The number of thioether (sulfide) groups is 1. The fourth-order valence-electron chi connectivity index (χ4n) is 5.53. The molecule has 2 fully saturated rings. The monoisotopic (exact) mass is 736 g/mol. The van der Waals surface area contributed by atoms with Crippen LogP contribution >= 0.6 is 11.8 Å². The molecule has 7 nitrogen and oxygen atoms in total. The maximum Gasteiger partial charge on any atom is 0.429 e. The highest BCUT2D eigenvalue weighted by Crippen LogP contribution is 2.56. The van der Waals surface area contributed by atoms with Gasteiger partial charge in [-0.2, -0.15) is 38.1 Å². The highest BCUT2D eigenvalue weighted by atomic mass is 32.2. The third kappa shape index (κ3) is 8.92. The van der Waals surface area contributed by atoms with Crippen molar-refractivity contribution in [2.75, 3.05) is 43.0 Å². The first kappa shape index (κ1) is 39.0. The molecule has 3 amide bonds. The number of nitrogens with zero attached hydrogens (tertiary/aromatic N) is 2. The lowest BCUT2D eigenvalue weighted by Crippen LogP contribution is -2.62. The van der Waals surface area contributed by atoms with Crippen LogP contribution in [0, 0.1) is 5.82 Å². The highest BCUT2D eigenvalue weighted by Gasteiger charge is 2.75. The molecular weight excluding hydrogens is 694 g/mol. The number of amides is 3. The van der Waals surface area contributed by atoms with E-state index in [0.29, 0.717) is 18.7 Å². The standard InChI is InChI=1S/C33H43F7N4O3SSi/c1-30(2,3)49(4,5)47-31(32(35,36)37,33(38,39)40)24-9-6-22(7-10-24)21-43-14-16-44(17-15-43)28(45)23-8-11-27(26(34)20-23)42-29(46)41-25-12-18-48-19-13-25/h6-11,20,25H,12-19,21H2,1-5H3,(H2,41,42,46). The predicted octanol–water partition coefficient (Wildman–Crippen LogP) is 8.14. The third-order valence-corrected chi connectivity index (χ3v) is 14.9. The molecule has 0 bridgehead atoms. The predicted molar refractivity (Wildman–Crippen MR) is 179 cm³/mol. The van der Waals surface area contributed by atoms with Crippen LogP contribution in [0.3, 0.4) is 0 Å². The van der Waals surface area contributed by atoms with Crippen molar-refractivity contribution >= 4 is 37.7 Å². The molecule has 0 unspecified atom stereocenters. The van der Waals surface area contributed by atoms with Gasteiger partial charge in [0.25, 0.3) is 11.5 Å². The average Bonchev–Trinajstić information content (AvgIpc) is 3.00. The maximum atomic E-state index is 14.8. The number of alkyl halides is 6. The first-order valence-corrected chi connectivity index (χ1v) is 20.1. The lowest BCUT2D eigenvalue weighted by Gasteiger charge is -2.46. The Morgan fingerprint density at radius 3 is 1.98 bits per heavy atom. The number of hydrogen-bond donors (Lipinski definition) is 2. The summed E-state index contributed by atoms with van der Waals surface area (Å²) in [5.41, 5.74) is -4.97. The summed E-state index contributed by atoms with van der Waals surface area (Å²) >= 11 is 1.82. The summed E-state index contributed by atoms with van der Waals surface area (Å²) in [6.07, 6.45) is -9.86. The largest absolute Gasteiger partial charge is 0.429 e. The van der Waals surface area contributed by atoms with Crippen molar-refractivity contribution in [3.05, 3.63) is 65.0 Å². The molecule has 2 heterocycles. The molecule has 2 aliphatic heterocycles. The Kier molecular flexibility index (Phi) is 11.8. The van der Waals surface area contributed by atoms with Crippen molar-refractivity contribution in [1.29, 1.82) is 0 Å². The zero-order chi connectivity index (χ0) is 36.4. The number of benzene rings is 2. The summed E-state index contributed by atoms with van der Waals surface area (Å²) in [4.78, 5) is 28.9. The van der Waals surface area contributed by atoms with Gasteiger partial charge in [-0.3, -0.25) is 9.69 Å². The first-order chi connectivity index (χ1) is 22.6. The Labute approximate surface area is 287 Å². The Morgan fingerprint density at radius 1 is 0.898 bits per heavy atom. The van der Waals surface area contributed by atoms with Crippen LogP contribution in [0.4, 0.5) is 41.2 Å². The Balaban J connectivity index is 1.38. The zero-order valence-electron chi connectivity index (χ0n) is 28.2. The molecule has 16 heteroatoms. The molecule has 0 saturated carbocycles. The van der Waals surface area contributed by atoms with Crippen molar-refractivity contribution in [3.63, 3.8) is 0 Å². The van der Waals surface area contributed by atoms with Crippen LogP contribution in [0.2, 0.25) is 18.1 Å². The first-order valence-electron chi connectivity index (χ1n) is 16.0.